The summed E-state index contributed by atoms with van der Waals surface area (Å²) < 4.78 is 0. The fourth-order valence-corrected chi connectivity index (χ4v) is 9.59. The van der Waals surface area contributed by atoms with Gasteiger partial charge in [-0.3, -0.25) is 0 Å². The van der Waals surface area contributed by atoms with E-state index in [0.29, 0.717) is 0 Å². The van der Waals surface area contributed by atoms with Gasteiger partial charge in [0.2, 0.25) is 0 Å². The highest BCUT2D eigenvalue weighted by atomic mass is 14.9. The monoisotopic (exact) mass is 716 g/mol. The predicted octanol–water partition coefficient (Wildman–Crippen LogP) is 14.1. The molecule has 0 aliphatic heterocycles. The number of nitrogens with zero attached hydrogens (tertiary/aromatic N) is 2. The molecule has 0 atom stereocenters. The lowest BCUT2D eigenvalue weighted by Gasteiger charge is -2.22. The van der Waals surface area contributed by atoms with Crippen LogP contribution in [0.25, 0.3) is 88.8 Å². The zero-order valence-electron chi connectivity index (χ0n) is 32.1. The largest absolute Gasteiger partial charge is 0.228 e. The lowest BCUT2D eigenvalue weighted by molar-refractivity contribution is 0.661. The van der Waals surface area contributed by atoms with Gasteiger partial charge in [-0.1, -0.05) is 161 Å². The molecule has 1 heterocycles. The summed E-state index contributed by atoms with van der Waals surface area (Å²) in [7, 11) is 0. The molecule has 2 nitrogen and oxygen atoms in total. The van der Waals surface area contributed by atoms with Gasteiger partial charge in [-0.05, 0) is 114 Å². The Hall–Kier alpha value is -6.64. The van der Waals surface area contributed by atoms with Gasteiger partial charge in [-0.2, -0.15) is 0 Å². The van der Waals surface area contributed by atoms with Gasteiger partial charge < -0.3 is 0 Å². The Bertz CT molecular complexity index is 3060. The van der Waals surface area contributed by atoms with E-state index in [0.717, 1.165) is 33.9 Å². The van der Waals surface area contributed by atoms with Gasteiger partial charge in [-0.15, -0.1) is 0 Å². The lowest BCUT2D eigenvalue weighted by Crippen LogP contribution is -2.14. The Kier molecular flexibility index (Phi) is 6.98. The summed E-state index contributed by atoms with van der Waals surface area (Å²) in [6, 6.07) is 62.1. The van der Waals surface area contributed by atoms with E-state index in [1.54, 1.807) is 0 Å². The van der Waals surface area contributed by atoms with Crippen molar-refractivity contribution in [1.82, 2.24) is 9.97 Å². The fraction of sp³-hybridized carbons (Fsp3) is 0.111. The number of benzene rings is 8. The first-order valence-corrected chi connectivity index (χ1v) is 19.6. The van der Waals surface area contributed by atoms with Crippen LogP contribution in [0.5, 0.6) is 0 Å². The van der Waals surface area contributed by atoms with E-state index in [2.05, 4.69) is 191 Å². The quantitative estimate of drug-likeness (QED) is 0.181. The molecule has 56 heavy (non-hydrogen) atoms. The average Bonchev–Trinajstić information content (AvgIpc) is 3.60. The third-order valence-electron chi connectivity index (χ3n) is 12.7. The average molecular weight is 717 g/mol. The molecule has 11 rings (SSSR count). The van der Waals surface area contributed by atoms with Gasteiger partial charge in [0.25, 0.3) is 0 Å². The van der Waals surface area contributed by atoms with Crippen LogP contribution in [0.4, 0.5) is 0 Å². The topological polar surface area (TPSA) is 25.8 Å². The second kappa shape index (κ2) is 11.9. The van der Waals surface area contributed by atoms with Crippen LogP contribution in [0.1, 0.15) is 49.9 Å². The Morgan fingerprint density at radius 3 is 1.52 bits per heavy atom. The second-order valence-corrected chi connectivity index (χ2v) is 16.6. The molecule has 8 aromatic carbocycles. The zero-order valence-corrected chi connectivity index (χ0v) is 32.1. The van der Waals surface area contributed by atoms with Gasteiger partial charge in [0.05, 0.1) is 11.4 Å². The van der Waals surface area contributed by atoms with E-state index in [4.69, 9.17) is 9.97 Å². The van der Waals surface area contributed by atoms with Crippen molar-refractivity contribution in [2.45, 2.75) is 38.5 Å². The molecule has 0 N–H and O–H groups in total. The highest BCUT2D eigenvalue weighted by Crippen LogP contribution is 2.54. The van der Waals surface area contributed by atoms with E-state index in [1.165, 1.54) is 77.2 Å². The third kappa shape index (κ3) is 4.88. The maximum atomic E-state index is 5.22. The van der Waals surface area contributed by atoms with Gasteiger partial charge >= 0.3 is 0 Å². The summed E-state index contributed by atoms with van der Waals surface area (Å²) in [5.41, 5.74) is 18.0. The first-order valence-electron chi connectivity index (χ1n) is 19.6. The third-order valence-corrected chi connectivity index (χ3v) is 12.7. The molecule has 2 aliphatic carbocycles. The molecule has 0 radical (unpaired) electrons. The van der Waals surface area contributed by atoms with Crippen molar-refractivity contribution < 1.29 is 0 Å². The smallest absolute Gasteiger partial charge is 0.160 e. The van der Waals surface area contributed by atoms with Crippen LogP contribution < -0.4 is 0 Å². The van der Waals surface area contributed by atoms with Crippen molar-refractivity contribution >= 4 is 21.5 Å². The minimum atomic E-state index is -0.0918. The first-order chi connectivity index (χ1) is 27.2. The molecule has 266 valence electrons. The van der Waals surface area contributed by atoms with Crippen LogP contribution in [0.2, 0.25) is 0 Å². The van der Waals surface area contributed by atoms with E-state index in [1.807, 2.05) is 6.07 Å². The Morgan fingerprint density at radius 1 is 0.321 bits per heavy atom. The molecule has 0 amide bonds. The molecule has 0 bridgehead atoms. The number of rotatable bonds is 4. The second-order valence-electron chi connectivity index (χ2n) is 16.6. The summed E-state index contributed by atoms with van der Waals surface area (Å²) in [5, 5.41) is 5.12. The normalized spacial score (nSPS) is 14.4. The summed E-state index contributed by atoms with van der Waals surface area (Å²) in [4.78, 5) is 10.4. The molecule has 2 heteroatoms. The van der Waals surface area contributed by atoms with Gasteiger partial charge in [-0.25, -0.2) is 9.97 Å². The molecule has 0 fully saturated rings. The van der Waals surface area contributed by atoms with Crippen molar-refractivity contribution in [1.29, 1.82) is 0 Å². The molecule has 0 saturated heterocycles. The highest BCUT2D eigenvalue weighted by molar-refractivity contribution is 5.99. The van der Waals surface area contributed by atoms with Gasteiger partial charge in [0.1, 0.15) is 0 Å². The van der Waals surface area contributed by atoms with E-state index in [9.17, 15) is 0 Å². The minimum Gasteiger partial charge on any atom is -0.228 e. The molecule has 0 saturated carbocycles. The van der Waals surface area contributed by atoms with Crippen molar-refractivity contribution in [3.05, 3.63) is 192 Å². The molecule has 0 unspecified atom stereocenters. The molecular formula is C54H40N2. The Morgan fingerprint density at radius 2 is 0.839 bits per heavy atom. The number of aromatic nitrogens is 2. The van der Waals surface area contributed by atoms with Gasteiger partial charge in [0.15, 0.2) is 5.82 Å². The zero-order chi connectivity index (χ0) is 37.8. The maximum Gasteiger partial charge on any atom is 0.160 e. The van der Waals surface area contributed by atoms with Crippen LogP contribution in [0, 0.1) is 0 Å². The summed E-state index contributed by atoms with van der Waals surface area (Å²) in [6.07, 6.45) is 0. The Labute approximate surface area is 328 Å². The number of hydrogen-bond acceptors (Lipinski definition) is 2. The van der Waals surface area contributed by atoms with Gasteiger partial charge in [0, 0.05) is 27.5 Å². The molecule has 2 aliphatic rings. The van der Waals surface area contributed by atoms with Crippen molar-refractivity contribution in [2.75, 3.05) is 0 Å². The Balaban J connectivity index is 1.02. The lowest BCUT2D eigenvalue weighted by atomic mass is 9.81. The van der Waals surface area contributed by atoms with Crippen LogP contribution in [-0.4, -0.2) is 9.97 Å². The van der Waals surface area contributed by atoms with Crippen molar-refractivity contribution in [3.8, 4) is 67.3 Å². The number of fused-ring (bicyclic) bond motifs is 8. The van der Waals surface area contributed by atoms with Crippen LogP contribution >= 0.6 is 0 Å². The predicted molar refractivity (Wildman–Crippen MR) is 234 cm³/mol. The van der Waals surface area contributed by atoms with E-state index < -0.39 is 0 Å². The SMILES string of the molecule is CC1(C)c2ccc(-c3cc(-c4ccc(-c5cccc6c5-c5cc7ccccc7cc5C6(C)C)cc4)nc(-c4ccccc4)n3)cc2-c2cc3ccccc3cc21. The van der Waals surface area contributed by atoms with E-state index in [-0.39, 0.29) is 10.8 Å². The van der Waals surface area contributed by atoms with E-state index >= 15 is 0 Å². The van der Waals surface area contributed by atoms with Crippen LogP contribution in [-0.2, 0) is 10.8 Å². The summed E-state index contributed by atoms with van der Waals surface area (Å²) in [6.45, 7) is 9.41. The van der Waals surface area contributed by atoms with Crippen molar-refractivity contribution in [3.63, 3.8) is 0 Å². The van der Waals surface area contributed by atoms with Crippen LogP contribution in [0.15, 0.2) is 170 Å². The summed E-state index contributed by atoms with van der Waals surface area (Å²) >= 11 is 0. The molecular weight excluding hydrogens is 677 g/mol. The first kappa shape index (κ1) is 32.8. The molecule has 1 aromatic heterocycles. The van der Waals surface area contributed by atoms with Crippen molar-refractivity contribution in [2.24, 2.45) is 0 Å². The molecule has 0 spiro atoms. The molecule has 9 aromatic rings. The standard InChI is InChI=1S/C54H40N2/c1-53(2)45-26-25-40(29-42(45)43-27-36-15-8-10-17-38(36)30-47(43)53)50-32-49(55-52(56-50)35-13-6-5-7-14-35)34-23-21-33(22-24-34)41-19-12-20-46-51(41)44-28-37-16-9-11-18-39(37)31-48(44)54(46,3)4/h5-32H,1-4H3. The summed E-state index contributed by atoms with van der Waals surface area (Å²) in [5.74, 6) is 0.723. The fourth-order valence-electron chi connectivity index (χ4n) is 9.59. The maximum absolute atomic E-state index is 5.22. The van der Waals surface area contributed by atoms with Crippen LogP contribution in [0.3, 0.4) is 0 Å². The highest BCUT2D eigenvalue weighted by Gasteiger charge is 2.38. The number of hydrogen-bond donors (Lipinski definition) is 0. The minimum absolute atomic E-state index is 0.0843.